The number of hydrogen-bond acceptors (Lipinski definition) is 3. The molecule has 0 saturated carbocycles. The summed E-state index contributed by atoms with van der Waals surface area (Å²) in [5, 5.41) is 0.976. The zero-order valence-corrected chi connectivity index (χ0v) is 17.1. The number of allylic oxidation sites excluding steroid dienone is 1. The van der Waals surface area contributed by atoms with E-state index in [0.29, 0.717) is 12.2 Å². The molecule has 0 amide bonds. The first-order valence-corrected chi connectivity index (χ1v) is 10.1. The number of aromatic nitrogens is 1. The van der Waals surface area contributed by atoms with Crippen LogP contribution in [0.25, 0.3) is 28.1 Å². The predicted octanol–water partition coefficient (Wildman–Crippen LogP) is 6.51. The lowest BCUT2D eigenvalue weighted by Crippen LogP contribution is -2.05. The molecule has 3 heteroatoms. The minimum atomic E-state index is -0.0635. The average molecular weight is 393 g/mol. The Balaban J connectivity index is 1.81. The van der Waals surface area contributed by atoms with Gasteiger partial charge in [0.05, 0.1) is 17.7 Å². The monoisotopic (exact) mass is 393 g/mol. The van der Waals surface area contributed by atoms with E-state index in [4.69, 9.17) is 9.72 Å². The van der Waals surface area contributed by atoms with Crippen molar-refractivity contribution >= 4 is 22.8 Å². The molecule has 0 atom stereocenters. The second-order valence-corrected chi connectivity index (χ2v) is 7.03. The molecular weight excluding hydrogens is 370 g/mol. The first-order chi connectivity index (χ1) is 14.7. The molecule has 0 N–H and O–H groups in total. The summed E-state index contributed by atoms with van der Waals surface area (Å²) in [5.41, 5.74) is 5.11. The molecule has 0 bridgehead atoms. The van der Waals surface area contributed by atoms with Gasteiger partial charge in [0.25, 0.3) is 0 Å². The second kappa shape index (κ2) is 8.75. The molecule has 3 aromatic carbocycles. The van der Waals surface area contributed by atoms with E-state index in [1.807, 2.05) is 98.8 Å². The Morgan fingerprint density at radius 3 is 2.53 bits per heavy atom. The van der Waals surface area contributed by atoms with Crippen LogP contribution < -0.4 is 4.74 Å². The van der Waals surface area contributed by atoms with E-state index in [-0.39, 0.29) is 5.78 Å². The number of benzene rings is 3. The van der Waals surface area contributed by atoms with Crippen molar-refractivity contribution in [3.63, 3.8) is 0 Å². The zero-order valence-electron chi connectivity index (χ0n) is 17.1. The highest BCUT2D eigenvalue weighted by atomic mass is 16.5. The van der Waals surface area contributed by atoms with Crippen LogP contribution in [0.4, 0.5) is 0 Å². The predicted molar refractivity (Wildman–Crippen MR) is 123 cm³/mol. The van der Waals surface area contributed by atoms with E-state index in [1.54, 1.807) is 6.08 Å². The molecule has 0 unspecified atom stereocenters. The van der Waals surface area contributed by atoms with E-state index in [2.05, 4.69) is 0 Å². The fraction of sp³-hybridized carbons (Fsp3) is 0.111. The van der Waals surface area contributed by atoms with Crippen LogP contribution in [0.1, 0.15) is 28.5 Å². The van der Waals surface area contributed by atoms with Crippen LogP contribution in [0.2, 0.25) is 0 Å². The summed E-state index contributed by atoms with van der Waals surface area (Å²) in [6, 6.07) is 25.7. The Bertz CT molecular complexity index is 1230. The molecule has 1 aromatic heterocycles. The van der Waals surface area contributed by atoms with Gasteiger partial charge in [-0.1, -0.05) is 66.7 Å². The van der Waals surface area contributed by atoms with Crippen molar-refractivity contribution in [2.24, 2.45) is 0 Å². The van der Waals surface area contributed by atoms with Crippen LogP contribution in [0.5, 0.6) is 5.75 Å². The first-order valence-electron chi connectivity index (χ1n) is 10.1. The number of carbonyl (C=O) groups is 1. The van der Waals surface area contributed by atoms with Gasteiger partial charge >= 0.3 is 0 Å². The summed E-state index contributed by atoms with van der Waals surface area (Å²) in [7, 11) is 0. The zero-order chi connectivity index (χ0) is 20.9. The summed E-state index contributed by atoms with van der Waals surface area (Å²) in [5.74, 6) is 0.729. The molecule has 30 heavy (non-hydrogen) atoms. The summed E-state index contributed by atoms with van der Waals surface area (Å²) >= 11 is 0. The van der Waals surface area contributed by atoms with Crippen LogP contribution in [-0.4, -0.2) is 17.4 Å². The van der Waals surface area contributed by atoms with Gasteiger partial charge < -0.3 is 4.74 Å². The summed E-state index contributed by atoms with van der Waals surface area (Å²) in [6.07, 6.45) is 3.45. The Morgan fingerprint density at radius 2 is 1.73 bits per heavy atom. The molecule has 0 saturated heterocycles. The van der Waals surface area contributed by atoms with E-state index in [9.17, 15) is 4.79 Å². The quantitative estimate of drug-likeness (QED) is 0.277. The molecule has 0 fully saturated rings. The number of para-hydroxylation sites is 1. The lowest BCUT2D eigenvalue weighted by Gasteiger charge is -2.14. The molecule has 148 valence electrons. The minimum absolute atomic E-state index is 0.0635. The summed E-state index contributed by atoms with van der Waals surface area (Å²) < 4.78 is 5.55. The van der Waals surface area contributed by atoms with Gasteiger partial charge in [0.1, 0.15) is 5.75 Å². The maximum Gasteiger partial charge on any atom is 0.188 e. The Labute approximate surface area is 176 Å². The number of fused-ring (bicyclic) bond motifs is 1. The molecule has 3 nitrogen and oxygen atoms in total. The first kappa shape index (κ1) is 19.6. The maximum absolute atomic E-state index is 13.3. The van der Waals surface area contributed by atoms with Gasteiger partial charge in [0.15, 0.2) is 5.78 Å². The molecular formula is C27H23NO2. The standard InChI is InChI=1S/C27H23NO2/c1-3-30-22-13-9-10-20(18-22)16-17-25(29)26-19(2)28-24-15-8-7-14-23(24)27(26)21-11-5-4-6-12-21/h4-18H,3H2,1-2H3. The topological polar surface area (TPSA) is 39.2 Å². The van der Waals surface area contributed by atoms with Crippen molar-refractivity contribution in [2.45, 2.75) is 13.8 Å². The van der Waals surface area contributed by atoms with Crippen molar-refractivity contribution in [1.82, 2.24) is 4.98 Å². The number of carbonyl (C=O) groups excluding carboxylic acids is 1. The average Bonchev–Trinajstić information content (AvgIpc) is 2.77. The molecule has 1 heterocycles. The fourth-order valence-electron chi connectivity index (χ4n) is 3.67. The molecule has 0 spiro atoms. The lowest BCUT2D eigenvalue weighted by atomic mass is 9.92. The van der Waals surface area contributed by atoms with Crippen molar-refractivity contribution in [2.75, 3.05) is 6.61 Å². The van der Waals surface area contributed by atoms with Gasteiger partial charge in [-0.15, -0.1) is 0 Å². The van der Waals surface area contributed by atoms with Gasteiger partial charge in [-0.05, 0) is 49.2 Å². The SMILES string of the molecule is CCOc1cccc(C=CC(=O)c2c(C)nc3ccccc3c2-c2ccccc2)c1. The smallest absolute Gasteiger partial charge is 0.188 e. The van der Waals surface area contributed by atoms with Gasteiger partial charge in [0, 0.05) is 16.6 Å². The molecule has 0 radical (unpaired) electrons. The highest BCUT2D eigenvalue weighted by molar-refractivity contribution is 6.16. The van der Waals surface area contributed by atoms with E-state index < -0.39 is 0 Å². The molecule has 0 aliphatic carbocycles. The fourth-order valence-corrected chi connectivity index (χ4v) is 3.67. The highest BCUT2D eigenvalue weighted by Gasteiger charge is 2.18. The summed E-state index contributed by atoms with van der Waals surface area (Å²) in [4.78, 5) is 18.0. The number of ether oxygens (including phenoxy) is 1. The number of hydrogen-bond donors (Lipinski definition) is 0. The van der Waals surface area contributed by atoms with E-state index >= 15 is 0 Å². The van der Waals surface area contributed by atoms with Crippen molar-refractivity contribution in [3.8, 4) is 16.9 Å². The number of nitrogens with zero attached hydrogens (tertiary/aromatic N) is 1. The highest BCUT2D eigenvalue weighted by Crippen LogP contribution is 2.33. The van der Waals surface area contributed by atoms with Gasteiger partial charge in [0.2, 0.25) is 0 Å². The van der Waals surface area contributed by atoms with Crippen molar-refractivity contribution < 1.29 is 9.53 Å². The maximum atomic E-state index is 13.3. The van der Waals surface area contributed by atoms with Crippen LogP contribution in [0.3, 0.4) is 0 Å². The van der Waals surface area contributed by atoms with E-state index in [0.717, 1.165) is 39.0 Å². The van der Waals surface area contributed by atoms with Crippen molar-refractivity contribution in [1.29, 1.82) is 0 Å². The third-order valence-corrected chi connectivity index (χ3v) is 4.98. The third kappa shape index (κ3) is 4.01. The molecule has 0 aliphatic heterocycles. The number of aryl methyl sites for hydroxylation is 1. The third-order valence-electron chi connectivity index (χ3n) is 4.98. The molecule has 4 rings (SSSR count). The summed E-state index contributed by atoms with van der Waals surface area (Å²) in [6.45, 7) is 4.46. The number of ketones is 1. The van der Waals surface area contributed by atoms with Gasteiger partial charge in [-0.3, -0.25) is 9.78 Å². The van der Waals surface area contributed by atoms with Gasteiger partial charge in [-0.2, -0.15) is 0 Å². The Hall–Kier alpha value is -3.72. The largest absolute Gasteiger partial charge is 0.494 e. The Kier molecular flexibility index (Phi) is 5.71. The van der Waals surface area contributed by atoms with Crippen LogP contribution in [-0.2, 0) is 0 Å². The van der Waals surface area contributed by atoms with Crippen LogP contribution in [0.15, 0.2) is 84.9 Å². The lowest BCUT2D eigenvalue weighted by molar-refractivity contribution is 0.104. The molecule has 0 aliphatic rings. The van der Waals surface area contributed by atoms with Gasteiger partial charge in [-0.25, -0.2) is 0 Å². The second-order valence-electron chi connectivity index (χ2n) is 7.03. The number of rotatable bonds is 6. The van der Waals surface area contributed by atoms with Crippen LogP contribution in [0, 0.1) is 6.92 Å². The van der Waals surface area contributed by atoms with E-state index in [1.165, 1.54) is 0 Å². The minimum Gasteiger partial charge on any atom is -0.494 e. The number of pyridine rings is 1. The normalized spacial score (nSPS) is 11.1. The van der Waals surface area contributed by atoms with Crippen LogP contribution >= 0.6 is 0 Å². The molecule has 4 aromatic rings. The van der Waals surface area contributed by atoms with Crippen molar-refractivity contribution in [3.05, 3.63) is 102 Å². The Morgan fingerprint density at radius 1 is 0.967 bits per heavy atom.